The van der Waals surface area contributed by atoms with E-state index in [0.717, 1.165) is 6.54 Å². The van der Waals surface area contributed by atoms with Crippen molar-refractivity contribution >= 4 is 5.84 Å². The summed E-state index contributed by atoms with van der Waals surface area (Å²) >= 11 is 0. The van der Waals surface area contributed by atoms with Crippen molar-refractivity contribution in [2.75, 3.05) is 6.54 Å². The number of amidine groups is 1. The van der Waals surface area contributed by atoms with Crippen molar-refractivity contribution in [2.24, 2.45) is 16.3 Å². The third-order valence-corrected chi connectivity index (χ3v) is 4.58. The molecule has 0 spiro atoms. The van der Waals surface area contributed by atoms with Crippen LogP contribution in [0.5, 0.6) is 0 Å². The van der Waals surface area contributed by atoms with Crippen LogP contribution in [0.3, 0.4) is 0 Å². The van der Waals surface area contributed by atoms with Gasteiger partial charge in [0.25, 0.3) is 0 Å². The van der Waals surface area contributed by atoms with Crippen LogP contribution in [0.15, 0.2) is 35.5 Å². The predicted molar refractivity (Wildman–Crippen MR) is 86.4 cm³/mol. The number of nitrogens with zero attached hydrogens (tertiary/aromatic N) is 1. The predicted octanol–water partition coefficient (Wildman–Crippen LogP) is 3.42. The summed E-state index contributed by atoms with van der Waals surface area (Å²) in [6.45, 7) is 3.34. The van der Waals surface area contributed by atoms with Gasteiger partial charge in [-0.05, 0) is 23.8 Å². The highest BCUT2D eigenvalue weighted by molar-refractivity contribution is 5.80. The Morgan fingerprint density at radius 2 is 1.95 bits per heavy atom. The van der Waals surface area contributed by atoms with E-state index in [1.807, 2.05) is 18.2 Å². The lowest BCUT2D eigenvalue weighted by atomic mass is 9.75. The van der Waals surface area contributed by atoms with Gasteiger partial charge in [-0.3, -0.25) is 0 Å². The Morgan fingerprint density at radius 1 is 1.29 bits per heavy atom. The lowest BCUT2D eigenvalue weighted by molar-refractivity contribution is 0.200. The molecule has 21 heavy (non-hydrogen) atoms. The summed E-state index contributed by atoms with van der Waals surface area (Å²) in [5.41, 5.74) is 7.27. The van der Waals surface area contributed by atoms with Gasteiger partial charge in [-0.2, -0.15) is 0 Å². The summed E-state index contributed by atoms with van der Waals surface area (Å²) in [6, 6.07) is 10.3. The summed E-state index contributed by atoms with van der Waals surface area (Å²) in [4.78, 5) is 0. The molecule has 1 aromatic carbocycles. The first-order valence-electron chi connectivity index (χ1n) is 7.88. The molecule has 0 amide bonds. The molecule has 0 aromatic heterocycles. The van der Waals surface area contributed by atoms with E-state index >= 15 is 0 Å². The lowest BCUT2D eigenvalue weighted by Gasteiger charge is -2.35. The van der Waals surface area contributed by atoms with E-state index in [2.05, 4.69) is 29.5 Å². The first-order valence-corrected chi connectivity index (χ1v) is 7.88. The van der Waals surface area contributed by atoms with Crippen LogP contribution in [0.2, 0.25) is 0 Å². The molecule has 0 heterocycles. The molecule has 0 saturated heterocycles. The maximum absolute atomic E-state index is 8.83. The van der Waals surface area contributed by atoms with Gasteiger partial charge in [0, 0.05) is 19.0 Å². The maximum Gasteiger partial charge on any atom is 0.141 e. The van der Waals surface area contributed by atoms with Crippen molar-refractivity contribution in [1.29, 1.82) is 0 Å². The highest BCUT2D eigenvalue weighted by Crippen LogP contribution is 2.35. The molecule has 0 aliphatic heterocycles. The molecule has 116 valence electrons. The number of rotatable bonds is 6. The quantitative estimate of drug-likeness (QED) is 0.325. The molecular formula is C17H27N3O. The molecule has 1 atom stereocenters. The van der Waals surface area contributed by atoms with Crippen LogP contribution in [0, 0.1) is 5.41 Å². The summed E-state index contributed by atoms with van der Waals surface area (Å²) in [5.74, 6) is 0.269. The van der Waals surface area contributed by atoms with Gasteiger partial charge in [0.1, 0.15) is 5.84 Å². The Bertz CT molecular complexity index is 452. The van der Waals surface area contributed by atoms with Crippen LogP contribution in [0.25, 0.3) is 0 Å². The van der Waals surface area contributed by atoms with Crippen molar-refractivity contribution in [3.8, 4) is 0 Å². The fourth-order valence-corrected chi connectivity index (χ4v) is 3.19. The fourth-order valence-electron chi connectivity index (χ4n) is 3.19. The summed E-state index contributed by atoms with van der Waals surface area (Å²) in [6.07, 6.45) is 7.11. The highest BCUT2D eigenvalue weighted by Gasteiger charge is 2.27. The van der Waals surface area contributed by atoms with Crippen LogP contribution in [0.4, 0.5) is 0 Å². The molecule has 1 fully saturated rings. The zero-order valence-corrected chi connectivity index (χ0v) is 12.9. The average molecular weight is 289 g/mol. The topological polar surface area (TPSA) is 70.6 Å². The van der Waals surface area contributed by atoms with E-state index in [-0.39, 0.29) is 11.9 Å². The smallest absolute Gasteiger partial charge is 0.141 e. The third kappa shape index (κ3) is 4.74. The van der Waals surface area contributed by atoms with Crippen LogP contribution in [0.1, 0.15) is 57.1 Å². The number of oxime groups is 1. The molecule has 0 bridgehead atoms. The summed E-state index contributed by atoms with van der Waals surface area (Å²) in [5, 5.41) is 15.6. The minimum Gasteiger partial charge on any atom is -0.409 e. The van der Waals surface area contributed by atoms with Crippen molar-refractivity contribution in [3.05, 3.63) is 35.9 Å². The molecule has 4 N–H and O–H groups in total. The van der Waals surface area contributed by atoms with Crippen molar-refractivity contribution in [2.45, 2.75) is 51.5 Å². The van der Waals surface area contributed by atoms with Gasteiger partial charge in [0.2, 0.25) is 0 Å². The van der Waals surface area contributed by atoms with E-state index < -0.39 is 0 Å². The minimum atomic E-state index is 0.0980. The molecule has 1 aliphatic rings. The number of benzene rings is 1. The normalized spacial score (nSPS) is 20.1. The number of hydrogen-bond donors (Lipinski definition) is 3. The van der Waals surface area contributed by atoms with Crippen molar-refractivity contribution in [1.82, 2.24) is 5.32 Å². The van der Waals surface area contributed by atoms with E-state index in [4.69, 9.17) is 10.9 Å². The lowest BCUT2D eigenvalue weighted by Crippen LogP contribution is -2.37. The maximum atomic E-state index is 8.83. The fraction of sp³-hybridized carbons (Fsp3) is 0.588. The van der Waals surface area contributed by atoms with Crippen molar-refractivity contribution in [3.63, 3.8) is 0 Å². The molecular weight excluding hydrogens is 262 g/mol. The summed E-state index contributed by atoms with van der Waals surface area (Å²) < 4.78 is 0. The molecule has 4 nitrogen and oxygen atoms in total. The SMILES string of the molecule is CC1(CNC(C/C(N)=N/O)c2ccccc2)CCCCC1. The second-order valence-corrected chi connectivity index (χ2v) is 6.51. The van der Waals surface area contributed by atoms with Crippen LogP contribution >= 0.6 is 0 Å². The number of hydrogen-bond acceptors (Lipinski definition) is 3. The molecule has 1 unspecified atom stereocenters. The van der Waals surface area contributed by atoms with Gasteiger partial charge < -0.3 is 16.3 Å². The number of nitrogens with one attached hydrogen (secondary N) is 1. The largest absolute Gasteiger partial charge is 0.409 e. The molecule has 1 aliphatic carbocycles. The van der Waals surface area contributed by atoms with Gasteiger partial charge in [-0.15, -0.1) is 0 Å². The molecule has 0 radical (unpaired) electrons. The van der Waals surface area contributed by atoms with Gasteiger partial charge in [0.15, 0.2) is 0 Å². The zero-order valence-electron chi connectivity index (χ0n) is 12.9. The van der Waals surface area contributed by atoms with Gasteiger partial charge >= 0.3 is 0 Å². The monoisotopic (exact) mass is 289 g/mol. The first kappa shape index (κ1) is 15.8. The van der Waals surface area contributed by atoms with Crippen LogP contribution < -0.4 is 11.1 Å². The molecule has 2 rings (SSSR count). The van der Waals surface area contributed by atoms with Crippen LogP contribution in [-0.2, 0) is 0 Å². The Hall–Kier alpha value is -1.55. The van der Waals surface area contributed by atoms with Crippen LogP contribution in [-0.4, -0.2) is 17.6 Å². The van der Waals surface area contributed by atoms with E-state index in [1.54, 1.807) is 0 Å². The Kier molecular flexibility index (Phi) is 5.62. The average Bonchev–Trinajstić information content (AvgIpc) is 2.52. The van der Waals surface area contributed by atoms with Gasteiger partial charge in [0.05, 0.1) is 0 Å². The Morgan fingerprint density at radius 3 is 2.57 bits per heavy atom. The zero-order chi connectivity index (χ0) is 15.1. The first-order chi connectivity index (χ1) is 10.1. The molecule has 4 heteroatoms. The molecule has 1 aromatic rings. The van der Waals surface area contributed by atoms with Crippen molar-refractivity contribution < 1.29 is 5.21 Å². The second-order valence-electron chi connectivity index (χ2n) is 6.51. The Balaban J connectivity index is 2.02. The third-order valence-electron chi connectivity index (χ3n) is 4.58. The van der Waals surface area contributed by atoms with Gasteiger partial charge in [-0.1, -0.05) is 61.7 Å². The second kappa shape index (κ2) is 7.46. The standard InChI is InChI=1S/C17H27N3O/c1-17(10-6-3-7-11-17)13-19-15(12-16(18)20-21)14-8-4-2-5-9-14/h2,4-5,8-9,15,19,21H,3,6-7,10-13H2,1H3,(H2,18,20). The highest BCUT2D eigenvalue weighted by atomic mass is 16.4. The Labute approximate surface area is 127 Å². The summed E-state index contributed by atoms with van der Waals surface area (Å²) in [7, 11) is 0. The van der Waals surface area contributed by atoms with E-state index in [0.29, 0.717) is 11.8 Å². The van der Waals surface area contributed by atoms with E-state index in [1.165, 1.54) is 37.7 Å². The number of nitrogens with two attached hydrogens (primary N) is 1. The minimum absolute atomic E-state index is 0.0980. The van der Waals surface area contributed by atoms with E-state index in [9.17, 15) is 0 Å². The van der Waals surface area contributed by atoms with Gasteiger partial charge in [-0.25, -0.2) is 0 Å². The molecule has 1 saturated carbocycles.